The molecule has 166 valence electrons. The standard InChI is InChI=1S/C27H33N5/c1-18(2)26-23-7-5-6-8-25(23)32(27(26)24-13-20(4)29-14-19(24)3)22-9-11-31(12-10-22)16-21-15-28-17-30-21/h5-8,13-15,17-18,22H,9-12,16H2,1-4H3,(H,28,30). The number of nitrogens with zero attached hydrogens (tertiary/aromatic N) is 4. The third kappa shape index (κ3) is 3.75. The number of likely N-dealkylation sites (tertiary alicyclic amines) is 1. The molecular formula is C27H33N5. The Kier molecular flexibility index (Phi) is 5.60. The number of aryl methyl sites for hydroxylation is 2. The number of fused-ring (bicyclic) bond motifs is 1. The molecule has 1 aliphatic rings. The van der Waals surface area contributed by atoms with E-state index in [9.17, 15) is 0 Å². The fourth-order valence-electron chi connectivity index (χ4n) is 5.36. The Morgan fingerprint density at radius 3 is 2.59 bits per heavy atom. The van der Waals surface area contributed by atoms with E-state index in [0.29, 0.717) is 12.0 Å². The first-order valence-corrected chi connectivity index (χ1v) is 11.8. The molecule has 1 aliphatic heterocycles. The van der Waals surface area contributed by atoms with Crippen molar-refractivity contribution >= 4 is 10.9 Å². The second-order valence-electron chi connectivity index (χ2n) is 9.53. The number of benzene rings is 1. The lowest BCUT2D eigenvalue weighted by atomic mass is 9.94. The highest BCUT2D eigenvalue weighted by Crippen LogP contribution is 2.43. The van der Waals surface area contributed by atoms with Gasteiger partial charge in [0.25, 0.3) is 0 Å². The second-order valence-corrected chi connectivity index (χ2v) is 9.53. The van der Waals surface area contributed by atoms with Crippen molar-refractivity contribution in [2.75, 3.05) is 13.1 Å². The zero-order valence-corrected chi connectivity index (χ0v) is 19.6. The van der Waals surface area contributed by atoms with Crippen molar-refractivity contribution in [1.29, 1.82) is 0 Å². The summed E-state index contributed by atoms with van der Waals surface area (Å²) in [6, 6.07) is 11.8. The zero-order valence-electron chi connectivity index (χ0n) is 19.6. The van der Waals surface area contributed by atoms with Gasteiger partial charge in [0, 0.05) is 65.9 Å². The Bertz CT molecular complexity index is 1210. The molecule has 4 aromatic rings. The number of imidazole rings is 1. The van der Waals surface area contributed by atoms with E-state index in [1.54, 1.807) is 6.33 Å². The molecule has 0 saturated carbocycles. The molecule has 5 heteroatoms. The van der Waals surface area contributed by atoms with Crippen LogP contribution >= 0.6 is 0 Å². The molecule has 1 N–H and O–H groups in total. The Morgan fingerprint density at radius 1 is 1.09 bits per heavy atom. The maximum atomic E-state index is 4.56. The number of rotatable bonds is 5. The number of H-pyrrole nitrogens is 1. The molecule has 0 unspecified atom stereocenters. The van der Waals surface area contributed by atoms with E-state index in [4.69, 9.17) is 0 Å². The SMILES string of the molecule is Cc1cc(-c2c(C(C)C)c3ccccc3n2C2CCN(Cc3cnc[nH]3)CC2)c(C)cn1. The summed E-state index contributed by atoms with van der Waals surface area (Å²) in [5.41, 5.74) is 9.08. The van der Waals surface area contributed by atoms with Crippen LogP contribution in [0.1, 0.15) is 61.2 Å². The van der Waals surface area contributed by atoms with Crippen molar-refractivity contribution in [2.24, 2.45) is 0 Å². The number of para-hydroxylation sites is 1. The molecule has 0 amide bonds. The molecule has 4 heterocycles. The van der Waals surface area contributed by atoms with Gasteiger partial charge in [0.05, 0.1) is 12.0 Å². The summed E-state index contributed by atoms with van der Waals surface area (Å²) in [4.78, 5) is 14.5. The second kappa shape index (κ2) is 8.55. The lowest BCUT2D eigenvalue weighted by Gasteiger charge is -2.34. The van der Waals surface area contributed by atoms with Crippen LogP contribution in [0.15, 0.2) is 49.1 Å². The number of pyridine rings is 1. The maximum Gasteiger partial charge on any atom is 0.0922 e. The van der Waals surface area contributed by atoms with Gasteiger partial charge in [-0.25, -0.2) is 4.98 Å². The highest BCUT2D eigenvalue weighted by Gasteiger charge is 2.28. The Hall–Kier alpha value is -2.92. The zero-order chi connectivity index (χ0) is 22.2. The monoisotopic (exact) mass is 427 g/mol. The van der Waals surface area contributed by atoms with Crippen LogP contribution in [0.25, 0.3) is 22.2 Å². The predicted octanol–water partition coefficient (Wildman–Crippen LogP) is 6.00. The third-order valence-corrected chi connectivity index (χ3v) is 6.89. The first-order chi connectivity index (χ1) is 15.5. The van der Waals surface area contributed by atoms with Crippen LogP contribution < -0.4 is 0 Å². The van der Waals surface area contributed by atoms with Gasteiger partial charge in [-0.1, -0.05) is 32.0 Å². The largest absolute Gasteiger partial charge is 0.347 e. The van der Waals surface area contributed by atoms with E-state index in [1.807, 2.05) is 12.4 Å². The minimum atomic E-state index is 0.449. The Balaban J connectivity index is 1.59. The Labute approximate surface area is 190 Å². The van der Waals surface area contributed by atoms with Gasteiger partial charge in [-0.3, -0.25) is 9.88 Å². The van der Waals surface area contributed by atoms with Crippen LogP contribution in [0.3, 0.4) is 0 Å². The fraction of sp³-hybridized carbons (Fsp3) is 0.407. The molecule has 3 aromatic heterocycles. The minimum Gasteiger partial charge on any atom is -0.347 e. The van der Waals surface area contributed by atoms with Crippen LogP contribution in [-0.2, 0) is 6.54 Å². The topological polar surface area (TPSA) is 49.7 Å². The van der Waals surface area contributed by atoms with E-state index in [2.05, 4.69) is 82.4 Å². The van der Waals surface area contributed by atoms with Gasteiger partial charge in [0.1, 0.15) is 0 Å². The van der Waals surface area contributed by atoms with Gasteiger partial charge in [0.2, 0.25) is 0 Å². The molecule has 5 nitrogen and oxygen atoms in total. The van der Waals surface area contributed by atoms with Crippen LogP contribution in [0.5, 0.6) is 0 Å². The lowest BCUT2D eigenvalue weighted by Crippen LogP contribution is -2.34. The van der Waals surface area contributed by atoms with Crippen LogP contribution in [0.2, 0.25) is 0 Å². The van der Waals surface area contributed by atoms with E-state index in [0.717, 1.165) is 38.2 Å². The van der Waals surface area contributed by atoms with Crippen molar-refractivity contribution in [1.82, 2.24) is 24.4 Å². The van der Waals surface area contributed by atoms with E-state index < -0.39 is 0 Å². The molecule has 0 spiro atoms. The molecule has 0 bridgehead atoms. The van der Waals surface area contributed by atoms with Gasteiger partial charge in [0.15, 0.2) is 0 Å². The first kappa shape index (κ1) is 21.0. The molecule has 1 saturated heterocycles. The number of hydrogen-bond donors (Lipinski definition) is 1. The highest BCUT2D eigenvalue weighted by atomic mass is 15.2. The van der Waals surface area contributed by atoms with Gasteiger partial charge in [-0.2, -0.15) is 0 Å². The van der Waals surface area contributed by atoms with Crippen molar-refractivity contribution in [3.8, 4) is 11.3 Å². The molecule has 32 heavy (non-hydrogen) atoms. The molecular weight excluding hydrogens is 394 g/mol. The van der Waals surface area contributed by atoms with E-state index in [1.165, 1.54) is 39.0 Å². The first-order valence-electron chi connectivity index (χ1n) is 11.8. The van der Waals surface area contributed by atoms with Crippen LogP contribution in [0, 0.1) is 13.8 Å². The average Bonchev–Trinajstić information content (AvgIpc) is 3.42. The highest BCUT2D eigenvalue weighted by molar-refractivity contribution is 5.93. The lowest BCUT2D eigenvalue weighted by molar-refractivity contribution is 0.180. The van der Waals surface area contributed by atoms with Gasteiger partial charge in [-0.15, -0.1) is 0 Å². The van der Waals surface area contributed by atoms with Crippen molar-refractivity contribution in [2.45, 2.75) is 59.0 Å². The van der Waals surface area contributed by atoms with Gasteiger partial charge >= 0.3 is 0 Å². The number of aromatic nitrogens is 4. The normalized spacial score (nSPS) is 15.8. The number of hydrogen-bond acceptors (Lipinski definition) is 3. The maximum absolute atomic E-state index is 4.56. The van der Waals surface area contributed by atoms with Gasteiger partial charge < -0.3 is 9.55 Å². The van der Waals surface area contributed by atoms with Crippen molar-refractivity contribution in [3.63, 3.8) is 0 Å². The molecule has 5 rings (SSSR count). The minimum absolute atomic E-state index is 0.449. The molecule has 1 fully saturated rings. The van der Waals surface area contributed by atoms with E-state index in [-0.39, 0.29) is 0 Å². The third-order valence-electron chi connectivity index (χ3n) is 6.89. The van der Waals surface area contributed by atoms with Gasteiger partial charge in [-0.05, 0) is 55.9 Å². The number of nitrogens with one attached hydrogen (secondary N) is 1. The fourth-order valence-corrected chi connectivity index (χ4v) is 5.36. The van der Waals surface area contributed by atoms with Crippen LogP contribution in [0.4, 0.5) is 0 Å². The molecule has 1 aromatic carbocycles. The summed E-state index contributed by atoms with van der Waals surface area (Å²) >= 11 is 0. The number of aromatic amines is 1. The predicted molar refractivity (Wildman–Crippen MR) is 131 cm³/mol. The van der Waals surface area contributed by atoms with Crippen LogP contribution in [-0.4, -0.2) is 37.5 Å². The molecule has 0 atom stereocenters. The summed E-state index contributed by atoms with van der Waals surface area (Å²) in [5.74, 6) is 0.449. The van der Waals surface area contributed by atoms with E-state index >= 15 is 0 Å². The van der Waals surface area contributed by atoms with Crippen molar-refractivity contribution < 1.29 is 0 Å². The Morgan fingerprint density at radius 2 is 1.88 bits per heavy atom. The number of piperidine rings is 1. The smallest absolute Gasteiger partial charge is 0.0922 e. The quantitative estimate of drug-likeness (QED) is 0.425. The molecule has 0 radical (unpaired) electrons. The average molecular weight is 428 g/mol. The van der Waals surface area contributed by atoms with Crippen molar-refractivity contribution in [3.05, 3.63) is 71.6 Å². The summed E-state index contributed by atoms with van der Waals surface area (Å²) in [6.45, 7) is 12.1. The molecule has 0 aliphatic carbocycles. The summed E-state index contributed by atoms with van der Waals surface area (Å²) in [7, 11) is 0. The summed E-state index contributed by atoms with van der Waals surface area (Å²) in [5, 5.41) is 1.39. The summed E-state index contributed by atoms with van der Waals surface area (Å²) < 4.78 is 2.67. The summed E-state index contributed by atoms with van der Waals surface area (Å²) in [6.07, 6.45) is 8.05.